The fourth-order valence-electron chi connectivity index (χ4n) is 2.32. The zero-order valence-corrected chi connectivity index (χ0v) is 14.8. The molecule has 19 heavy (non-hydrogen) atoms. The molecular formula is C16H36O2Si. The average molecular weight is 289 g/mol. The molecule has 0 fully saturated rings. The van der Waals surface area contributed by atoms with E-state index in [0.29, 0.717) is 0 Å². The number of hydrogen-bond donors (Lipinski definition) is 0. The highest BCUT2D eigenvalue weighted by Gasteiger charge is 2.34. The molecule has 0 amide bonds. The summed E-state index contributed by atoms with van der Waals surface area (Å²) in [7, 11) is -1.88. The van der Waals surface area contributed by atoms with E-state index in [9.17, 15) is 0 Å². The van der Waals surface area contributed by atoms with E-state index < -0.39 is 8.56 Å². The highest BCUT2D eigenvalue weighted by atomic mass is 28.4. The third-order valence-corrected chi connectivity index (χ3v) is 7.24. The molecule has 0 aromatic carbocycles. The van der Waals surface area contributed by atoms with E-state index in [-0.39, 0.29) is 0 Å². The van der Waals surface area contributed by atoms with E-state index in [4.69, 9.17) is 8.85 Å². The largest absolute Gasteiger partial charge is 0.394 e. The van der Waals surface area contributed by atoms with Gasteiger partial charge in [0.05, 0.1) is 0 Å². The van der Waals surface area contributed by atoms with Gasteiger partial charge in [-0.05, 0) is 24.9 Å². The maximum Gasteiger partial charge on any atom is 0.337 e. The molecule has 0 aliphatic heterocycles. The van der Waals surface area contributed by atoms with Crippen molar-refractivity contribution in [2.24, 2.45) is 0 Å². The minimum Gasteiger partial charge on any atom is -0.394 e. The summed E-state index contributed by atoms with van der Waals surface area (Å²) in [6, 6.07) is 2.29. The van der Waals surface area contributed by atoms with Crippen LogP contribution in [-0.4, -0.2) is 21.8 Å². The first-order valence-electron chi connectivity index (χ1n) is 8.52. The van der Waals surface area contributed by atoms with Crippen LogP contribution in [0.15, 0.2) is 0 Å². The SMILES string of the molecule is CCCCCCCC[Si](CC)(OCCC)OCCC. The smallest absolute Gasteiger partial charge is 0.337 e. The zero-order chi connectivity index (χ0) is 14.4. The molecule has 0 aromatic heterocycles. The van der Waals surface area contributed by atoms with Crippen LogP contribution in [0.1, 0.15) is 79.1 Å². The summed E-state index contributed by atoms with van der Waals surface area (Å²) in [6.07, 6.45) is 10.3. The monoisotopic (exact) mass is 288 g/mol. The van der Waals surface area contributed by atoms with Crippen molar-refractivity contribution in [1.82, 2.24) is 0 Å². The van der Waals surface area contributed by atoms with Crippen LogP contribution in [0.25, 0.3) is 0 Å². The summed E-state index contributed by atoms with van der Waals surface area (Å²) in [4.78, 5) is 0. The Hall–Kier alpha value is 0.137. The van der Waals surface area contributed by atoms with Crippen molar-refractivity contribution >= 4 is 8.56 Å². The van der Waals surface area contributed by atoms with Gasteiger partial charge in [-0.15, -0.1) is 0 Å². The van der Waals surface area contributed by atoms with Gasteiger partial charge >= 0.3 is 8.56 Å². The first kappa shape index (κ1) is 19.1. The van der Waals surface area contributed by atoms with Gasteiger partial charge in [0.15, 0.2) is 0 Å². The Bertz CT molecular complexity index is 178. The van der Waals surface area contributed by atoms with E-state index >= 15 is 0 Å². The topological polar surface area (TPSA) is 18.5 Å². The van der Waals surface area contributed by atoms with Crippen molar-refractivity contribution in [3.63, 3.8) is 0 Å². The van der Waals surface area contributed by atoms with E-state index in [2.05, 4.69) is 27.7 Å². The van der Waals surface area contributed by atoms with Crippen LogP contribution in [0, 0.1) is 0 Å². The summed E-state index contributed by atoms with van der Waals surface area (Å²) in [5.74, 6) is 0. The molecule has 0 aliphatic carbocycles. The van der Waals surface area contributed by atoms with Gasteiger partial charge in [0.2, 0.25) is 0 Å². The van der Waals surface area contributed by atoms with Gasteiger partial charge in [-0.25, -0.2) is 0 Å². The van der Waals surface area contributed by atoms with Gasteiger partial charge in [-0.2, -0.15) is 0 Å². The first-order valence-corrected chi connectivity index (χ1v) is 10.8. The van der Waals surface area contributed by atoms with E-state index in [1.54, 1.807) is 0 Å². The normalized spacial score (nSPS) is 12.0. The van der Waals surface area contributed by atoms with E-state index in [1.807, 2.05) is 0 Å². The molecule has 0 heterocycles. The van der Waals surface area contributed by atoms with Crippen molar-refractivity contribution < 1.29 is 8.85 Å². The standard InChI is InChI=1S/C16H36O2Si/c1-5-9-10-11-12-13-16-19(8-4,17-14-6-2)18-15-7-3/h5-16H2,1-4H3. The van der Waals surface area contributed by atoms with Gasteiger partial charge in [0.25, 0.3) is 0 Å². The molecule has 2 nitrogen and oxygen atoms in total. The molecular weight excluding hydrogens is 252 g/mol. The molecule has 0 spiro atoms. The Morgan fingerprint density at radius 2 is 1.16 bits per heavy atom. The Balaban J connectivity index is 4.00. The van der Waals surface area contributed by atoms with Gasteiger partial charge in [-0.1, -0.05) is 66.2 Å². The Morgan fingerprint density at radius 1 is 0.632 bits per heavy atom. The molecule has 0 saturated carbocycles. The van der Waals surface area contributed by atoms with Crippen molar-refractivity contribution in [2.75, 3.05) is 13.2 Å². The van der Waals surface area contributed by atoms with Crippen molar-refractivity contribution in [3.05, 3.63) is 0 Å². The molecule has 0 bridgehead atoms. The molecule has 0 saturated heterocycles. The van der Waals surface area contributed by atoms with Gasteiger partial charge in [0.1, 0.15) is 0 Å². The average Bonchev–Trinajstić information content (AvgIpc) is 2.45. The van der Waals surface area contributed by atoms with Gasteiger partial charge in [-0.3, -0.25) is 0 Å². The Labute approximate surface area is 122 Å². The Kier molecular flexibility index (Phi) is 13.2. The lowest BCUT2D eigenvalue weighted by Crippen LogP contribution is -2.42. The number of unbranched alkanes of at least 4 members (excludes halogenated alkanes) is 5. The highest BCUT2D eigenvalue weighted by molar-refractivity contribution is 6.67. The zero-order valence-electron chi connectivity index (χ0n) is 13.8. The first-order chi connectivity index (χ1) is 9.24. The van der Waals surface area contributed by atoms with E-state index in [1.165, 1.54) is 44.6 Å². The predicted octanol–water partition coefficient (Wildman–Crippen LogP) is 5.66. The number of rotatable bonds is 14. The van der Waals surface area contributed by atoms with Crippen LogP contribution in [-0.2, 0) is 8.85 Å². The fraction of sp³-hybridized carbons (Fsp3) is 1.00. The highest BCUT2D eigenvalue weighted by Crippen LogP contribution is 2.23. The minimum atomic E-state index is -1.88. The summed E-state index contributed by atoms with van der Waals surface area (Å²) >= 11 is 0. The molecule has 0 aliphatic rings. The van der Waals surface area contributed by atoms with Crippen LogP contribution in [0.2, 0.25) is 12.1 Å². The minimum absolute atomic E-state index is 0.875. The lowest BCUT2D eigenvalue weighted by atomic mass is 10.1. The summed E-state index contributed by atoms with van der Waals surface area (Å²) < 4.78 is 12.3. The third-order valence-electron chi connectivity index (χ3n) is 3.59. The molecule has 0 atom stereocenters. The Morgan fingerprint density at radius 3 is 1.63 bits per heavy atom. The lowest BCUT2D eigenvalue weighted by Gasteiger charge is -2.29. The second-order valence-electron chi connectivity index (χ2n) is 5.48. The van der Waals surface area contributed by atoms with Crippen molar-refractivity contribution in [2.45, 2.75) is 91.1 Å². The molecule has 0 aromatic rings. The molecule has 0 unspecified atom stereocenters. The second kappa shape index (κ2) is 13.1. The third kappa shape index (κ3) is 9.64. The van der Waals surface area contributed by atoms with Crippen LogP contribution in [0.5, 0.6) is 0 Å². The number of hydrogen-bond acceptors (Lipinski definition) is 2. The van der Waals surface area contributed by atoms with Gasteiger partial charge < -0.3 is 8.85 Å². The van der Waals surface area contributed by atoms with Gasteiger partial charge in [0, 0.05) is 13.2 Å². The summed E-state index contributed by atoms with van der Waals surface area (Å²) in [6.45, 7) is 10.6. The van der Waals surface area contributed by atoms with Crippen LogP contribution < -0.4 is 0 Å². The van der Waals surface area contributed by atoms with Crippen LogP contribution in [0.4, 0.5) is 0 Å². The molecule has 0 radical (unpaired) electrons. The summed E-state index contributed by atoms with van der Waals surface area (Å²) in [5, 5.41) is 0. The van der Waals surface area contributed by atoms with Crippen molar-refractivity contribution in [1.29, 1.82) is 0 Å². The molecule has 3 heteroatoms. The quantitative estimate of drug-likeness (QED) is 0.303. The lowest BCUT2D eigenvalue weighted by molar-refractivity contribution is 0.167. The predicted molar refractivity (Wildman–Crippen MR) is 86.9 cm³/mol. The summed E-state index contributed by atoms with van der Waals surface area (Å²) in [5.41, 5.74) is 0. The maximum absolute atomic E-state index is 6.17. The molecule has 0 N–H and O–H groups in total. The second-order valence-corrected chi connectivity index (χ2v) is 9.08. The fourth-order valence-corrected chi connectivity index (χ4v) is 5.39. The van der Waals surface area contributed by atoms with E-state index in [0.717, 1.165) is 32.1 Å². The van der Waals surface area contributed by atoms with Crippen LogP contribution in [0.3, 0.4) is 0 Å². The van der Waals surface area contributed by atoms with Crippen molar-refractivity contribution in [3.8, 4) is 0 Å². The molecule has 116 valence electrons. The molecule has 0 rings (SSSR count). The maximum atomic E-state index is 6.17. The van der Waals surface area contributed by atoms with Crippen LogP contribution >= 0.6 is 0 Å².